The normalized spacial score (nSPS) is 16.9. The Morgan fingerprint density at radius 2 is 1.90 bits per heavy atom. The molecule has 8 heteroatoms. The highest BCUT2D eigenvalue weighted by molar-refractivity contribution is 6.31. The smallest absolute Gasteiger partial charge is 0.165 e. The van der Waals surface area contributed by atoms with Crippen LogP contribution in [0.4, 0.5) is 8.78 Å². The zero-order valence-corrected chi connectivity index (χ0v) is 13.0. The summed E-state index contributed by atoms with van der Waals surface area (Å²) in [4.78, 5) is 1.86. The van der Waals surface area contributed by atoms with E-state index in [4.69, 9.17) is 11.6 Å². The van der Waals surface area contributed by atoms with Gasteiger partial charge in [-0.1, -0.05) is 11.6 Å². The molecular formula is C12H17Cl3F2N2O. The van der Waals surface area contributed by atoms with Crippen molar-refractivity contribution in [3.8, 4) is 5.75 Å². The summed E-state index contributed by atoms with van der Waals surface area (Å²) in [6.45, 7) is 2.05. The molecule has 1 aliphatic heterocycles. The van der Waals surface area contributed by atoms with Crippen molar-refractivity contribution in [3.05, 3.63) is 28.5 Å². The molecule has 1 fully saturated rings. The van der Waals surface area contributed by atoms with Crippen molar-refractivity contribution in [1.82, 2.24) is 10.2 Å². The van der Waals surface area contributed by atoms with Gasteiger partial charge >= 0.3 is 0 Å². The number of aromatic hydroxyl groups is 1. The molecule has 0 bridgehead atoms. The van der Waals surface area contributed by atoms with Gasteiger partial charge in [-0.05, 0) is 12.1 Å². The average Bonchev–Trinajstić information content (AvgIpc) is 2.40. The van der Waals surface area contributed by atoms with Crippen molar-refractivity contribution in [2.45, 2.75) is 6.04 Å². The Morgan fingerprint density at radius 3 is 2.45 bits per heavy atom. The van der Waals surface area contributed by atoms with Crippen LogP contribution in [-0.4, -0.2) is 42.9 Å². The molecule has 1 atom stereocenters. The van der Waals surface area contributed by atoms with E-state index in [0.29, 0.717) is 13.1 Å². The summed E-state index contributed by atoms with van der Waals surface area (Å²) in [5.41, 5.74) is 0.140. The van der Waals surface area contributed by atoms with Crippen LogP contribution in [-0.2, 0) is 0 Å². The molecule has 116 valence electrons. The summed E-state index contributed by atoms with van der Waals surface area (Å²) >= 11 is 5.96. The lowest BCUT2D eigenvalue weighted by Gasteiger charge is -2.34. The van der Waals surface area contributed by atoms with Crippen LogP contribution >= 0.6 is 36.4 Å². The molecule has 0 saturated carbocycles. The van der Waals surface area contributed by atoms with E-state index < -0.39 is 24.3 Å². The van der Waals surface area contributed by atoms with Gasteiger partial charge in [0.2, 0.25) is 0 Å². The van der Waals surface area contributed by atoms with Crippen molar-refractivity contribution in [3.63, 3.8) is 0 Å². The maximum absolute atomic E-state index is 13.4. The highest BCUT2D eigenvalue weighted by Gasteiger charge is 2.27. The number of hydrogen-bond donors (Lipinski definition) is 2. The van der Waals surface area contributed by atoms with E-state index in [0.717, 1.165) is 19.2 Å². The third-order valence-electron chi connectivity index (χ3n) is 3.19. The van der Waals surface area contributed by atoms with Gasteiger partial charge in [-0.3, -0.25) is 4.90 Å². The van der Waals surface area contributed by atoms with Crippen LogP contribution in [0.1, 0.15) is 11.6 Å². The number of nitrogens with zero attached hydrogens (tertiary/aromatic N) is 1. The van der Waals surface area contributed by atoms with Gasteiger partial charge in [0.15, 0.2) is 11.6 Å². The van der Waals surface area contributed by atoms with Gasteiger partial charge in [0.25, 0.3) is 0 Å². The molecule has 2 rings (SSSR count). The first kappa shape index (κ1) is 19.7. The first-order valence-corrected chi connectivity index (χ1v) is 6.20. The Labute approximate surface area is 134 Å². The van der Waals surface area contributed by atoms with Crippen LogP contribution in [0.5, 0.6) is 5.75 Å². The summed E-state index contributed by atoms with van der Waals surface area (Å²) < 4.78 is 26.6. The van der Waals surface area contributed by atoms with Gasteiger partial charge in [-0.25, -0.2) is 8.78 Å². The van der Waals surface area contributed by atoms with E-state index >= 15 is 0 Å². The second-order valence-electron chi connectivity index (χ2n) is 4.25. The molecule has 1 aromatic carbocycles. The lowest BCUT2D eigenvalue weighted by atomic mass is 10.0. The summed E-state index contributed by atoms with van der Waals surface area (Å²) in [7, 11) is 0. The second kappa shape index (κ2) is 8.85. The fourth-order valence-electron chi connectivity index (χ4n) is 2.22. The van der Waals surface area contributed by atoms with E-state index in [1.165, 1.54) is 6.07 Å². The molecule has 1 saturated heterocycles. The van der Waals surface area contributed by atoms with Crippen LogP contribution in [0.15, 0.2) is 12.1 Å². The van der Waals surface area contributed by atoms with E-state index in [2.05, 4.69) is 5.32 Å². The van der Waals surface area contributed by atoms with Crippen LogP contribution in [0, 0.1) is 5.82 Å². The minimum atomic E-state index is -0.775. The molecular weight excluding hydrogens is 333 g/mol. The van der Waals surface area contributed by atoms with Gasteiger partial charge in [0.1, 0.15) is 6.67 Å². The molecule has 3 nitrogen and oxygen atoms in total. The standard InChI is InChI=1S/C12H15ClF2N2O.2ClH/c13-8-1-2-9(15)12(18)11(8)10(7-14)17-5-3-16-4-6-17;;/h1-2,10,16,18H,3-7H2;2*1H/t10-;;/m1../s1. The largest absolute Gasteiger partial charge is 0.505 e. The van der Waals surface area contributed by atoms with Crippen molar-refractivity contribution in [2.75, 3.05) is 32.9 Å². The number of hydrogen-bond acceptors (Lipinski definition) is 3. The van der Waals surface area contributed by atoms with Gasteiger partial charge in [-0.15, -0.1) is 24.8 Å². The maximum atomic E-state index is 13.4. The molecule has 0 radical (unpaired) electrons. The molecule has 0 unspecified atom stereocenters. The van der Waals surface area contributed by atoms with Crippen LogP contribution in [0.25, 0.3) is 0 Å². The number of benzene rings is 1. The Kier molecular flexibility index (Phi) is 8.70. The molecule has 1 aromatic rings. The molecule has 0 aliphatic carbocycles. The predicted molar refractivity (Wildman–Crippen MR) is 80.7 cm³/mol. The monoisotopic (exact) mass is 348 g/mol. The van der Waals surface area contributed by atoms with E-state index in [-0.39, 0.29) is 35.4 Å². The molecule has 1 aliphatic rings. The number of phenols is 1. The molecule has 0 amide bonds. The topological polar surface area (TPSA) is 35.5 Å². The molecule has 1 heterocycles. The quantitative estimate of drug-likeness (QED) is 0.881. The molecule has 20 heavy (non-hydrogen) atoms. The lowest BCUT2D eigenvalue weighted by molar-refractivity contribution is 0.144. The fourth-order valence-corrected chi connectivity index (χ4v) is 2.50. The molecule has 0 spiro atoms. The Morgan fingerprint density at radius 1 is 1.30 bits per heavy atom. The maximum Gasteiger partial charge on any atom is 0.165 e. The van der Waals surface area contributed by atoms with Crippen molar-refractivity contribution in [2.24, 2.45) is 0 Å². The summed E-state index contributed by atoms with van der Waals surface area (Å²) in [6, 6.07) is 1.72. The van der Waals surface area contributed by atoms with E-state index in [1.807, 2.05) is 4.90 Å². The minimum absolute atomic E-state index is 0. The summed E-state index contributed by atoms with van der Waals surface area (Å²) in [5, 5.41) is 13.1. The van der Waals surface area contributed by atoms with Gasteiger partial charge in [0.05, 0.1) is 6.04 Å². The van der Waals surface area contributed by atoms with E-state index in [1.54, 1.807) is 0 Å². The molecule has 0 aromatic heterocycles. The van der Waals surface area contributed by atoms with Gasteiger partial charge in [0, 0.05) is 36.8 Å². The van der Waals surface area contributed by atoms with Crippen LogP contribution < -0.4 is 5.32 Å². The Balaban J connectivity index is 0.00000180. The second-order valence-corrected chi connectivity index (χ2v) is 4.65. The fraction of sp³-hybridized carbons (Fsp3) is 0.500. The van der Waals surface area contributed by atoms with Crippen molar-refractivity contribution >= 4 is 36.4 Å². The molecule has 2 N–H and O–H groups in total. The number of halogens is 5. The van der Waals surface area contributed by atoms with E-state index in [9.17, 15) is 13.9 Å². The SMILES string of the molecule is Cl.Cl.Oc1c(F)ccc(Cl)c1[C@@H](CF)N1CCNCC1. The number of piperazine rings is 1. The lowest BCUT2D eigenvalue weighted by Crippen LogP contribution is -2.45. The van der Waals surface area contributed by atoms with Crippen molar-refractivity contribution < 1.29 is 13.9 Å². The third-order valence-corrected chi connectivity index (χ3v) is 3.52. The van der Waals surface area contributed by atoms with Crippen molar-refractivity contribution in [1.29, 1.82) is 0 Å². The number of nitrogens with one attached hydrogen (secondary N) is 1. The zero-order chi connectivity index (χ0) is 13.1. The number of alkyl halides is 1. The number of rotatable bonds is 3. The first-order chi connectivity index (χ1) is 8.65. The average molecular weight is 350 g/mol. The Hall–Kier alpha value is -0.330. The van der Waals surface area contributed by atoms with Gasteiger partial charge < -0.3 is 10.4 Å². The highest BCUT2D eigenvalue weighted by atomic mass is 35.5. The predicted octanol–water partition coefficient (Wildman–Crippen LogP) is 2.94. The summed E-state index contributed by atoms with van der Waals surface area (Å²) in [5.74, 6) is -1.33. The zero-order valence-electron chi connectivity index (χ0n) is 10.6. The summed E-state index contributed by atoms with van der Waals surface area (Å²) in [6.07, 6.45) is 0. The van der Waals surface area contributed by atoms with Gasteiger partial charge in [-0.2, -0.15) is 0 Å². The minimum Gasteiger partial charge on any atom is -0.505 e. The first-order valence-electron chi connectivity index (χ1n) is 5.82. The van der Waals surface area contributed by atoms with Crippen LogP contribution in [0.3, 0.4) is 0 Å². The highest BCUT2D eigenvalue weighted by Crippen LogP contribution is 2.36. The van der Waals surface area contributed by atoms with Crippen LogP contribution in [0.2, 0.25) is 5.02 Å². The Bertz CT molecular complexity index is 431. The number of phenolic OH excluding ortho intramolecular Hbond substituents is 1. The third kappa shape index (κ3) is 4.09.